The molecule has 2 aromatic heterocycles. The van der Waals surface area contributed by atoms with Gasteiger partial charge in [-0.2, -0.15) is 19.2 Å². The van der Waals surface area contributed by atoms with Crippen molar-refractivity contribution in [2.45, 2.75) is 18.7 Å². The van der Waals surface area contributed by atoms with E-state index in [0.717, 1.165) is 5.56 Å². The van der Waals surface area contributed by atoms with Crippen LogP contribution in [-0.2, 0) is 10.0 Å². The van der Waals surface area contributed by atoms with Crippen LogP contribution in [0.3, 0.4) is 0 Å². The summed E-state index contributed by atoms with van der Waals surface area (Å²) in [7, 11) is -3.58. The standard InChI is InChI=1S/C18H20N6O2S2/c1-3-23(4-2)28(25,26)16-9-5-8-15(11-16)17-21-22-18(27)24(17)20-13-14-7-6-10-19-12-14/h5-13H,3-4H2,1-2H3,(H,22,27)/b20-13-. The Hall–Kier alpha value is -2.69. The van der Waals surface area contributed by atoms with Gasteiger partial charge < -0.3 is 0 Å². The minimum atomic E-state index is -3.58. The fourth-order valence-corrected chi connectivity index (χ4v) is 4.35. The largest absolute Gasteiger partial charge is 0.264 e. The fraction of sp³-hybridized carbons (Fsp3) is 0.222. The number of sulfonamides is 1. The molecule has 2 heterocycles. The average Bonchev–Trinajstić information content (AvgIpc) is 3.08. The maximum Gasteiger partial charge on any atom is 0.243 e. The number of rotatable bonds is 7. The summed E-state index contributed by atoms with van der Waals surface area (Å²) in [5, 5.41) is 11.3. The third-order valence-corrected chi connectivity index (χ3v) is 6.40. The molecule has 0 saturated carbocycles. The van der Waals surface area contributed by atoms with E-state index in [2.05, 4.69) is 20.3 Å². The van der Waals surface area contributed by atoms with Crippen molar-refractivity contribution in [1.29, 1.82) is 0 Å². The lowest BCUT2D eigenvalue weighted by molar-refractivity contribution is 0.445. The molecule has 0 radical (unpaired) electrons. The summed E-state index contributed by atoms with van der Waals surface area (Å²) in [6, 6.07) is 10.3. The Balaban J connectivity index is 2.02. The van der Waals surface area contributed by atoms with Crippen LogP contribution < -0.4 is 0 Å². The highest BCUT2D eigenvalue weighted by molar-refractivity contribution is 7.89. The van der Waals surface area contributed by atoms with Gasteiger partial charge in [0.25, 0.3) is 0 Å². The first-order valence-electron chi connectivity index (χ1n) is 8.69. The Bertz CT molecular complexity index is 1130. The summed E-state index contributed by atoms with van der Waals surface area (Å²) < 4.78 is 28.8. The quantitative estimate of drug-likeness (QED) is 0.472. The fourth-order valence-electron chi connectivity index (χ4n) is 2.67. The van der Waals surface area contributed by atoms with Crippen molar-refractivity contribution in [3.8, 4) is 11.4 Å². The number of pyridine rings is 1. The van der Waals surface area contributed by atoms with Gasteiger partial charge in [0.1, 0.15) is 0 Å². The molecule has 146 valence electrons. The summed E-state index contributed by atoms with van der Waals surface area (Å²) in [4.78, 5) is 4.24. The molecule has 0 bridgehead atoms. The van der Waals surface area contributed by atoms with Crippen LogP contribution in [0.4, 0.5) is 0 Å². The molecule has 0 spiro atoms. The van der Waals surface area contributed by atoms with Gasteiger partial charge in [-0.1, -0.05) is 32.0 Å². The number of aromatic nitrogens is 4. The van der Waals surface area contributed by atoms with Crippen molar-refractivity contribution >= 4 is 28.5 Å². The average molecular weight is 417 g/mol. The van der Waals surface area contributed by atoms with Crippen molar-refractivity contribution in [3.05, 3.63) is 59.1 Å². The molecular formula is C18H20N6O2S2. The second-order valence-corrected chi connectivity index (χ2v) is 8.14. The highest BCUT2D eigenvalue weighted by atomic mass is 32.2. The Labute approximate surface area is 168 Å². The van der Waals surface area contributed by atoms with Crippen molar-refractivity contribution in [3.63, 3.8) is 0 Å². The lowest BCUT2D eigenvalue weighted by atomic mass is 10.2. The van der Waals surface area contributed by atoms with E-state index in [-0.39, 0.29) is 4.90 Å². The first-order chi connectivity index (χ1) is 13.5. The summed E-state index contributed by atoms with van der Waals surface area (Å²) in [6.45, 7) is 4.42. The van der Waals surface area contributed by atoms with Gasteiger partial charge in [-0.15, -0.1) is 0 Å². The number of nitrogens with zero attached hydrogens (tertiary/aromatic N) is 5. The second kappa shape index (κ2) is 8.55. The molecule has 8 nitrogen and oxygen atoms in total. The third-order valence-electron chi connectivity index (χ3n) is 4.09. The number of nitrogens with one attached hydrogen (secondary N) is 1. The zero-order valence-corrected chi connectivity index (χ0v) is 17.1. The van der Waals surface area contributed by atoms with Gasteiger partial charge in [-0.3, -0.25) is 4.98 Å². The smallest absolute Gasteiger partial charge is 0.243 e. The molecule has 0 aliphatic rings. The Kier molecular flexibility index (Phi) is 6.12. The zero-order chi connectivity index (χ0) is 20.1. The van der Waals surface area contributed by atoms with Crippen LogP contribution in [0.2, 0.25) is 0 Å². The molecule has 0 aliphatic heterocycles. The van der Waals surface area contributed by atoms with Crippen LogP contribution in [0.5, 0.6) is 0 Å². The Morgan fingerprint density at radius 2 is 2.04 bits per heavy atom. The normalized spacial score (nSPS) is 12.1. The number of H-pyrrole nitrogens is 1. The molecule has 0 unspecified atom stereocenters. The van der Waals surface area contributed by atoms with Crippen LogP contribution in [0, 0.1) is 4.77 Å². The third kappa shape index (κ3) is 4.08. The lowest BCUT2D eigenvalue weighted by Gasteiger charge is -2.18. The molecule has 3 rings (SSSR count). The van der Waals surface area contributed by atoms with E-state index in [1.165, 1.54) is 8.98 Å². The van der Waals surface area contributed by atoms with Gasteiger partial charge in [0, 0.05) is 36.6 Å². The molecule has 0 saturated heterocycles. The van der Waals surface area contributed by atoms with E-state index >= 15 is 0 Å². The van der Waals surface area contributed by atoms with Gasteiger partial charge in [-0.25, -0.2) is 13.5 Å². The van der Waals surface area contributed by atoms with Crippen molar-refractivity contribution in [2.75, 3.05) is 13.1 Å². The van der Waals surface area contributed by atoms with E-state index in [1.54, 1.807) is 48.9 Å². The summed E-state index contributed by atoms with van der Waals surface area (Å²) in [5.41, 5.74) is 1.39. The molecule has 0 fully saturated rings. The number of aromatic amines is 1. The lowest BCUT2D eigenvalue weighted by Crippen LogP contribution is -2.30. The van der Waals surface area contributed by atoms with E-state index in [1.807, 2.05) is 19.9 Å². The summed E-state index contributed by atoms with van der Waals surface area (Å²) in [6.07, 6.45) is 4.95. The maximum atomic E-state index is 12.8. The predicted molar refractivity (Wildman–Crippen MR) is 110 cm³/mol. The van der Waals surface area contributed by atoms with E-state index in [9.17, 15) is 8.42 Å². The molecule has 3 aromatic rings. The molecule has 10 heteroatoms. The molecule has 0 aliphatic carbocycles. The summed E-state index contributed by atoms with van der Waals surface area (Å²) >= 11 is 5.26. The van der Waals surface area contributed by atoms with Gasteiger partial charge in [0.15, 0.2) is 5.82 Å². The Morgan fingerprint density at radius 3 is 2.71 bits per heavy atom. The first kappa shape index (κ1) is 20.1. The highest BCUT2D eigenvalue weighted by Crippen LogP contribution is 2.23. The number of hydrogen-bond donors (Lipinski definition) is 1. The summed E-state index contributed by atoms with van der Waals surface area (Å²) in [5.74, 6) is 0.418. The number of hydrogen-bond acceptors (Lipinski definition) is 6. The molecule has 1 aromatic carbocycles. The molecule has 0 amide bonds. The van der Waals surface area contributed by atoms with Crippen molar-refractivity contribution in [1.82, 2.24) is 24.2 Å². The predicted octanol–water partition coefficient (Wildman–Crippen LogP) is 2.92. The van der Waals surface area contributed by atoms with Crippen molar-refractivity contribution in [2.24, 2.45) is 5.10 Å². The van der Waals surface area contributed by atoms with Crippen LogP contribution in [-0.4, -0.2) is 51.9 Å². The monoisotopic (exact) mass is 416 g/mol. The van der Waals surface area contributed by atoms with E-state index < -0.39 is 10.0 Å². The van der Waals surface area contributed by atoms with Crippen LogP contribution in [0.15, 0.2) is 58.8 Å². The van der Waals surface area contributed by atoms with Gasteiger partial charge in [-0.05, 0) is 30.4 Å². The van der Waals surface area contributed by atoms with Crippen molar-refractivity contribution < 1.29 is 8.42 Å². The van der Waals surface area contributed by atoms with E-state index in [0.29, 0.717) is 29.2 Å². The number of benzene rings is 1. The highest BCUT2D eigenvalue weighted by Gasteiger charge is 2.22. The maximum absolute atomic E-state index is 12.8. The zero-order valence-electron chi connectivity index (χ0n) is 15.5. The molecule has 1 N–H and O–H groups in total. The van der Waals surface area contributed by atoms with Crippen LogP contribution in [0.1, 0.15) is 19.4 Å². The Morgan fingerprint density at radius 1 is 1.25 bits per heavy atom. The SMILES string of the molecule is CCN(CC)S(=O)(=O)c1cccc(-c2n[nH]c(=S)n2/N=C\c2cccnc2)c1. The minimum absolute atomic E-state index is 0.199. The van der Waals surface area contributed by atoms with Gasteiger partial charge in [0.2, 0.25) is 14.8 Å². The minimum Gasteiger partial charge on any atom is -0.264 e. The van der Waals surface area contributed by atoms with Gasteiger partial charge >= 0.3 is 0 Å². The molecular weight excluding hydrogens is 396 g/mol. The van der Waals surface area contributed by atoms with Gasteiger partial charge in [0.05, 0.1) is 11.1 Å². The molecule has 28 heavy (non-hydrogen) atoms. The van der Waals surface area contributed by atoms with Crippen LogP contribution >= 0.6 is 12.2 Å². The first-order valence-corrected chi connectivity index (χ1v) is 10.5. The molecule has 0 atom stereocenters. The second-order valence-electron chi connectivity index (χ2n) is 5.81. The van der Waals surface area contributed by atoms with Crippen LogP contribution in [0.25, 0.3) is 11.4 Å². The topological polar surface area (TPSA) is 96.2 Å². The van der Waals surface area contributed by atoms with E-state index in [4.69, 9.17) is 12.2 Å².